The van der Waals surface area contributed by atoms with Crippen molar-refractivity contribution in [2.45, 2.75) is 88.4 Å². The normalized spacial score (nSPS) is 18.0. The number of ether oxygens (including phenoxy) is 1. The quantitative estimate of drug-likeness (QED) is 0.0545. The third-order valence-electron chi connectivity index (χ3n) is 11.8. The summed E-state index contributed by atoms with van der Waals surface area (Å²) in [5.74, 6) is 3.22. The zero-order valence-corrected chi connectivity index (χ0v) is 39.0. The standard InChI is InChI=1S/C50H61N3O5S3/c1-49(2)38-16-7-9-18-41(38)52(29-26-46(54)55)44(49)24-20-35-14-11-15-36(21-25-45-50(3,4)39-17-8-10-19-42(39)53(45)30-27-47(56)57)48(35)58-37-22-23-40(51-28-12-31-59-5)43(34-37)61-33-13-32-60-6/h7-10,16-25,34,51H,11-15,26-33H2,1-6H3,(H-,54,55,56,57)/p+1. The van der Waals surface area contributed by atoms with Crippen molar-refractivity contribution in [1.82, 2.24) is 0 Å². The first-order valence-corrected chi connectivity index (χ1v) is 25.2. The number of carboxylic acid groups (broad SMARTS) is 2. The van der Waals surface area contributed by atoms with Crippen LogP contribution in [0.5, 0.6) is 5.75 Å². The van der Waals surface area contributed by atoms with Crippen LogP contribution in [0.3, 0.4) is 0 Å². The highest BCUT2D eigenvalue weighted by molar-refractivity contribution is 8.00. The first-order chi connectivity index (χ1) is 29.4. The lowest BCUT2D eigenvalue weighted by Gasteiger charge is -2.27. The number of carboxylic acids is 2. The minimum atomic E-state index is -0.821. The molecule has 61 heavy (non-hydrogen) atoms. The Kier molecular flexibility index (Phi) is 16.0. The molecule has 0 unspecified atom stereocenters. The molecule has 3 aromatic rings. The van der Waals surface area contributed by atoms with E-state index in [9.17, 15) is 19.8 Å². The molecule has 6 rings (SSSR count). The Labute approximate surface area is 375 Å². The van der Waals surface area contributed by atoms with Crippen LogP contribution in [0.25, 0.3) is 0 Å². The number of thioether (sulfide) groups is 3. The third kappa shape index (κ3) is 11.0. The van der Waals surface area contributed by atoms with Crippen LogP contribution in [0.2, 0.25) is 0 Å². The van der Waals surface area contributed by atoms with Crippen molar-refractivity contribution in [2.75, 3.05) is 59.6 Å². The smallest absolute Gasteiger partial charge is 0.309 e. The van der Waals surface area contributed by atoms with Gasteiger partial charge in [0.2, 0.25) is 5.69 Å². The number of hydrogen-bond donors (Lipinski definition) is 3. The van der Waals surface area contributed by atoms with Crippen LogP contribution in [0.1, 0.15) is 83.8 Å². The average Bonchev–Trinajstić information content (AvgIpc) is 3.59. The molecule has 0 fully saturated rings. The number of benzene rings is 3. The molecule has 8 nitrogen and oxygen atoms in total. The Hall–Kier alpha value is -4.32. The van der Waals surface area contributed by atoms with E-state index in [-0.39, 0.29) is 23.7 Å². The molecule has 324 valence electrons. The highest BCUT2D eigenvalue weighted by Gasteiger charge is 2.44. The second-order valence-corrected chi connectivity index (χ2v) is 19.9. The summed E-state index contributed by atoms with van der Waals surface area (Å²) in [5.41, 5.74) is 9.18. The summed E-state index contributed by atoms with van der Waals surface area (Å²) in [6.45, 7) is 10.5. The number of nitrogens with one attached hydrogen (secondary N) is 1. The summed E-state index contributed by atoms with van der Waals surface area (Å²) in [7, 11) is 0. The Bertz CT molecular complexity index is 2240. The van der Waals surface area contributed by atoms with E-state index in [4.69, 9.17) is 4.74 Å². The third-order valence-corrected chi connectivity index (χ3v) is 14.4. The molecule has 0 bridgehead atoms. The van der Waals surface area contributed by atoms with Crippen LogP contribution >= 0.6 is 35.3 Å². The summed E-state index contributed by atoms with van der Waals surface area (Å²) in [6.07, 6.45) is 17.9. The minimum absolute atomic E-state index is 0.0319. The van der Waals surface area contributed by atoms with Crippen LogP contribution in [0.4, 0.5) is 17.1 Å². The Balaban J connectivity index is 1.45. The van der Waals surface area contributed by atoms with Gasteiger partial charge in [0.15, 0.2) is 12.3 Å². The fraction of sp³-hybridized carbons (Fsp3) is 0.420. The molecule has 0 radical (unpaired) electrons. The van der Waals surface area contributed by atoms with Gasteiger partial charge in [-0.05, 0) is 129 Å². The summed E-state index contributed by atoms with van der Waals surface area (Å²) in [5, 5.41) is 23.1. The predicted molar refractivity (Wildman–Crippen MR) is 259 cm³/mol. The second-order valence-electron chi connectivity index (χ2n) is 16.8. The SMILES string of the molecule is CSCCCNc1ccc(OC2=C(/C=C/C3=[N+](CCC(=O)O)c4ccccc4C3(C)C)CCC/C2=C\C=C2\N(CCC(=O)O)c3ccccc3C2(C)C)cc1SCCCSC. The van der Waals surface area contributed by atoms with Crippen molar-refractivity contribution in [3.63, 3.8) is 0 Å². The molecule has 0 saturated carbocycles. The lowest BCUT2D eigenvalue weighted by atomic mass is 9.81. The van der Waals surface area contributed by atoms with Crippen LogP contribution in [0, 0.1) is 0 Å². The largest absolute Gasteiger partial charge is 0.481 e. The molecule has 3 N–H and O–H groups in total. The molecule has 11 heteroatoms. The van der Waals surface area contributed by atoms with E-state index in [1.54, 1.807) is 0 Å². The van der Waals surface area contributed by atoms with Gasteiger partial charge in [0.05, 0.1) is 11.8 Å². The Morgan fingerprint density at radius 2 is 1.56 bits per heavy atom. The van der Waals surface area contributed by atoms with Gasteiger partial charge < -0.3 is 25.2 Å². The Morgan fingerprint density at radius 1 is 0.836 bits per heavy atom. The van der Waals surface area contributed by atoms with E-state index >= 15 is 0 Å². The van der Waals surface area contributed by atoms with E-state index < -0.39 is 11.9 Å². The zero-order chi connectivity index (χ0) is 43.6. The second kappa shape index (κ2) is 21.2. The highest BCUT2D eigenvalue weighted by Crippen LogP contribution is 2.48. The predicted octanol–water partition coefficient (Wildman–Crippen LogP) is 11.7. The van der Waals surface area contributed by atoms with Crippen molar-refractivity contribution in [3.8, 4) is 5.75 Å². The van der Waals surface area contributed by atoms with Gasteiger partial charge in [-0.15, -0.1) is 11.8 Å². The van der Waals surface area contributed by atoms with Crippen LogP contribution in [-0.2, 0) is 20.4 Å². The van der Waals surface area contributed by atoms with Crippen LogP contribution in [0.15, 0.2) is 119 Å². The summed E-state index contributed by atoms with van der Waals surface area (Å²) < 4.78 is 9.28. The summed E-state index contributed by atoms with van der Waals surface area (Å²) in [6, 6.07) is 23.0. The lowest BCUT2D eigenvalue weighted by Crippen LogP contribution is -2.28. The molecule has 3 aromatic carbocycles. The van der Waals surface area contributed by atoms with Gasteiger partial charge in [0.1, 0.15) is 17.9 Å². The van der Waals surface area contributed by atoms with Crippen molar-refractivity contribution in [2.24, 2.45) is 0 Å². The maximum Gasteiger partial charge on any atom is 0.309 e. The first kappa shape index (κ1) is 46.2. The van der Waals surface area contributed by atoms with Gasteiger partial charge in [-0.1, -0.05) is 56.3 Å². The van der Waals surface area contributed by atoms with Crippen molar-refractivity contribution >= 4 is 70.0 Å². The molecule has 3 aliphatic rings. The molecule has 0 atom stereocenters. The van der Waals surface area contributed by atoms with Crippen LogP contribution < -0.4 is 15.0 Å². The number of allylic oxidation sites excluding steroid dienone is 7. The number of carbonyl (C=O) groups is 2. The number of hydrogen-bond acceptors (Lipinski definition) is 8. The molecule has 1 aliphatic carbocycles. The van der Waals surface area contributed by atoms with Crippen molar-refractivity contribution < 1.29 is 29.1 Å². The molecule has 0 amide bonds. The Morgan fingerprint density at radius 3 is 2.31 bits per heavy atom. The summed E-state index contributed by atoms with van der Waals surface area (Å²) in [4.78, 5) is 27.0. The number of rotatable bonds is 21. The molecule has 2 aliphatic heterocycles. The molecule has 0 saturated heterocycles. The minimum Gasteiger partial charge on any atom is -0.481 e. The fourth-order valence-corrected chi connectivity index (χ4v) is 10.7. The monoisotopic (exact) mass is 880 g/mol. The first-order valence-electron chi connectivity index (χ1n) is 21.4. The van der Waals surface area contributed by atoms with Gasteiger partial charge in [-0.3, -0.25) is 9.59 Å². The maximum atomic E-state index is 11.8. The van der Waals surface area contributed by atoms with E-state index in [0.29, 0.717) is 13.1 Å². The molecule has 2 heterocycles. The molecule has 0 spiro atoms. The van der Waals surface area contributed by atoms with E-state index in [1.807, 2.05) is 47.4 Å². The van der Waals surface area contributed by atoms with Crippen molar-refractivity contribution in [3.05, 3.63) is 125 Å². The van der Waals surface area contributed by atoms with Crippen molar-refractivity contribution in [1.29, 1.82) is 0 Å². The van der Waals surface area contributed by atoms with Gasteiger partial charge in [0.25, 0.3) is 0 Å². The van der Waals surface area contributed by atoms with E-state index in [2.05, 4.69) is 134 Å². The number of fused-ring (bicyclic) bond motifs is 2. The number of para-hydroxylation sites is 2. The van der Waals surface area contributed by atoms with Crippen LogP contribution in [-0.4, -0.2) is 81.8 Å². The number of nitrogens with zero attached hydrogens (tertiary/aromatic N) is 2. The highest BCUT2D eigenvalue weighted by atomic mass is 32.2. The molecular weight excluding hydrogens is 819 g/mol. The lowest BCUT2D eigenvalue weighted by molar-refractivity contribution is -0.436. The number of aliphatic carboxylic acids is 2. The van der Waals surface area contributed by atoms with E-state index in [1.165, 1.54) is 16.0 Å². The average molecular weight is 881 g/mol. The summed E-state index contributed by atoms with van der Waals surface area (Å²) >= 11 is 5.61. The molecular formula is C50H62N3O5S3+. The topological polar surface area (TPSA) is 102 Å². The maximum absolute atomic E-state index is 11.8. The van der Waals surface area contributed by atoms with Gasteiger partial charge in [-0.25, -0.2) is 0 Å². The van der Waals surface area contributed by atoms with Gasteiger partial charge in [-0.2, -0.15) is 28.1 Å². The van der Waals surface area contributed by atoms with E-state index in [0.717, 1.165) is 107 Å². The molecule has 0 aromatic heterocycles. The number of anilines is 2. The van der Waals surface area contributed by atoms with Gasteiger partial charge in [0, 0.05) is 58.2 Å². The van der Waals surface area contributed by atoms with Gasteiger partial charge >= 0.3 is 11.9 Å². The zero-order valence-electron chi connectivity index (χ0n) is 36.6. The fourth-order valence-electron chi connectivity index (χ4n) is 8.66.